The second-order valence-corrected chi connectivity index (χ2v) is 4.82. The Morgan fingerprint density at radius 1 is 1.33 bits per heavy atom. The van der Waals surface area contributed by atoms with Crippen LogP contribution in [-0.2, 0) is 11.8 Å². The lowest BCUT2D eigenvalue weighted by Crippen LogP contribution is -2.32. The van der Waals surface area contributed by atoms with Gasteiger partial charge in [0.1, 0.15) is 0 Å². The summed E-state index contributed by atoms with van der Waals surface area (Å²) in [7, 11) is 1.89. The first-order valence-corrected chi connectivity index (χ1v) is 6.64. The third-order valence-electron chi connectivity index (χ3n) is 3.34. The van der Waals surface area contributed by atoms with Gasteiger partial charge in [-0.15, -0.1) is 12.4 Å². The number of benzene rings is 1. The van der Waals surface area contributed by atoms with Crippen molar-refractivity contribution in [2.24, 2.45) is 7.05 Å². The van der Waals surface area contributed by atoms with E-state index in [4.69, 9.17) is 0 Å². The Kier molecular flexibility index (Phi) is 6.24. The molecule has 0 bridgehead atoms. The number of nitrogens with one attached hydrogen (secondary N) is 2. The minimum Gasteiger partial charge on any atom is -0.376 e. The Morgan fingerprint density at radius 3 is 2.57 bits per heavy atom. The number of carbonyl (C=O) groups excluding carboxylic acids is 1. The molecule has 6 heteroatoms. The van der Waals surface area contributed by atoms with E-state index in [1.807, 2.05) is 51.2 Å². The molecule has 0 aliphatic rings. The third-order valence-corrected chi connectivity index (χ3v) is 3.34. The van der Waals surface area contributed by atoms with Gasteiger partial charge in [0.15, 0.2) is 0 Å². The molecule has 2 N–H and O–H groups in total. The molecule has 1 heterocycles. The van der Waals surface area contributed by atoms with Crippen LogP contribution in [-0.4, -0.2) is 22.2 Å². The second-order valence-electron chi connectivity index (χ2n) is 4.82. The molecular formula is C15H21ClN4O. The van der Waals surface area contributed by atoms with Gasteiger partial charge in [0.2, 0.25) is 5.91 Å². The Morgan fingerprint density at radius 2 is 2.00 bits per heavy atom. The van der Waals surface area contributed by atoms with Crippen LogP contribution in [0.3, 0.4) is 0 Å². The van der Waals surface area contributed by atoms with Gasteiger partial charge in [0.25, 0.3) is 0 Å². The van der Waals surface area contributed by atoms with Crippen LogP contribution < -0.4 is 10.6 Å². The van der Waals surface area contributed by atoms with E-state index in [0.717, 1.165) is 16.9 Å². The summed E-state index contributed by atoms with van der Waals surface area (Å²) in [6.07, 6.45) is 1.80. The van der Waals surface area contributed by atoms with E-state index in [9.17, 15) is 4.79 Å². The molecular weight excluding hydrogens is 288 g/mol. The van der Waals surface area contributed by atoms with Crippen molar-refractivity contribution < 1.29 is 4.79 Å². The van der Waals surface area contributed by atoms with Crippen LogP contribution in [0.25, 0.3) is 0 Å². The monoisotopic (exact) mass is 308 g/mol. The van der Waals surface area contributed by atoms with Crippen molar-refractivity contribution in [1.82, 2.24) is 15.1 Å². The molecule has 1 amide bonds. The zero-order valence-electron chi connectivity index (χ0n) is 12.5. The van der Waals surface area contributed by atoms with Crippen molar-refractivity contribution in [2.75, 3.05) is 11.9 Å². The number of aromatic nitrogens is 2. The zero-order valence-corrected chi connectivity index (χ0v) is 13.3. The van der Waals surface area contributed by atoms with Crippen LogP contribution >= 0.6 is 12.4 Å². The fourth-order valence-electron chi connectivity index (χ4n) is 2.05. The first kappa shape index (κ1) is 17.0. The highest BCUT2D eigenvalue weighted by molar-refractivity contribution is 5.85. The maximum Gasteiger partial charge on any atom is 0.239 e. The third kappa shape index (κ3) is 4.49. The highest BCUT2D eigenvalue weighted by atomic mass is 35.5. The summed E-state index contributed by atoms with van der Waals surface area (Å²) in [5.74, 6) is -0.0374. The summed E-state index contributed by atoms with van der Waals surface area (Å²) in [5.41, 5.74) is 3.04. The largest absolute Gasteiger partial charge is 0.376 e. The average molecular weight is 309 g/mol. The molecule has 1 unspecified atom stereocenters. The van der Waals surface area contributed by atoms with Crippen LogP contribution in [0, 0.1) is 6.92 Å². The van der Waals surface area contributed by atoms with Crippen LogP contribution in [0.2, 0.25) is 0 Å². The number of nitrogens with zero attached hydrogens (tertiary/aromatic N) is 2. The van der Waals surface area contributed by atoms with E-state index < -0.39 is 0 Å². The van der Waals surface area contributed by atoms with E-state index in [0.29, 0.717) is 0 Å². The number of halogens is 1. The van der Waals surface area contributed by atoms with Crippen molar-refractivity contribution in [1.29, 1.82) is 0 Å². The van der Waals surface area contributed by atoms with Gasteiger partial charge in [-0.2, -0.15) is 5.10 Å². The number of hydrogen-bond donors (Lipinski definition) is 2. The molecule has 0 saturated carbocycles. The second kappa shape index (κ2) is 7.69. The van der Waals surface area contributed by atoms with Crippen molar-refractivity contribution in [3.8, 4) is 0 Å². The lowest BCUT2D eigenvalue weighted by Gasteiger charge is -2.14. The molecule has 0 saturated heterocycles. The first-order chi connectivity index (χ1) is 9.58. The number of aryl methyl sites for hydroxylation is 1. The SMILES string of the molecule is Cc1c(C(C)NC(=O)CNc2ccccc2)cnn1C.Cl. The summed E-state index contributed by atoms with van der Waals surface area (Å²) in [4.78, 5) is 11.9. The van der Waals surface area contributed by atoms with E-state index in [2.05, 4.69) is 15.7 Å². The normalized spacial score (nSPS) is 11.4. The standard InChI is InChI=1S/C15H20N4O.ClH/c1-11(14-9-17-19(3)12(14)2)18-15(20)10-16-13-7-5-4-6-8-13;/h4-9,11,16H,10H2,1-3H3,(H,18,20);1H. The minimum absolute atomic E-state index is 0. The Hall–Kier alpha value is -2.01. The molecule has 0 spiro atoms. The molecule has 2 aromatic rings. The fraction of sp³-hybridized carbons (Fsp3) is 0.333. The van der Waals surface area contributed by atoms with E-state index in [-0.39, 0.29) is 30.9 Å². The van der Waals surface area contributed by atoms with Crippen molar-refractivity contribution in [2.45, 2.75) is 19.9 Å². The molecule has 114 valence electrons. The van der Waals surface area contributed by atoms with Crippen LogP contribution in [0.1, 0.15) is 24.2 Å². The predicted octanol–water partition coefficient (Wildman–Crippen LogP) is 2.44. The molecule has 0 aliphatic carbocycles. The van der Waals surface area contributed by atoms with Gasteiger partial charge in [-0.1, -0.05) is 18.2 Å². The molecule has 2 rings (SSSR count). The lowest BCUT2D eigenvalue weighted by atomic mass is 10.1. The summed E-state index contributed by atoms with van der Waals surface area (Å²) < 4.78 is 1.81. The first-order valence-electron chi connectivity index (χ1n) is 6.64. The Bertz CT molecular complexity index is 583. The van der Waals surface area contributed by atoms with E-state index in [1.165, 1.54) is 0 Å². The summed E-state index contributed by atoms with van der Waals surface area (Å²) in [5, 5.41) is 10.2. The maximum atomic E-state index is 11.9. The number of anilines is 1. The van der Waals surface area contributed by atoms with Gasteiger partial charge in [0.05, 0.1) is 18.8 Å². The molecule has 0 radical (unpaired) electrons. The minimum atomic E-state index is -0.0474. The molecule has 1 atom stereocenters. The molecule has 5 nitrogen and oxygen atoms in total. The molecule has 21 heavy (non-hydrogen) atoms. The molecule has 1 aromatic heterocycles. The van der Waals surface area contributed by atoms with Crippen LogP contribution in [0.4, 0.5) is 5.69 Å². The Balaban J connectivity index is 0.00000220. The highest BCUT2D eigenvalue weighted by Gasteiger charge is 2.14. The number of rotatable bonds is 5. The van der Waals surface area contributed by atoms with Crippen molar-refractivity contribution >= 4 is 24.0 Å². The summed E-state index contributed by atoms with van der Waals surface area (Å²) >= 11 is 0. The molecule has 1 aromatic carbocycles. The number of para-hydroxylation sites is 1. The fourth-order valence-corrected chi connectivity index (χ4v) is 2.05. The number of amides is 1. The smallest absolute Gasteiger partial charge is 0.239 e. The summed E-state index contributed by atoms with van der Waals surface area (Å²) in [6.45, 7) is 4.21. The van der Waals surface area contributed by atoms with E-state index in [1.54, 1.807) is 10.9 Å². The Labute approximate surface area is 131 Å². The quantitative estimate of drug-likeness (QED) is 0.892. The van der Waals surface area contributed by atoms with Gasteiger partial charge in [0, 0.05) is 24.0 Å². The maximum absolute atomic E-state index is 11.9. The predicted molar refractivity (Wildman–Crippen MR) is 86.7 cm³/mol. The molecule has 0 aliphatic heterocycles. The van der Waals surface area contributed by atoms with Crippen LogP contribution in [0.5, 0.6) is 0 Å². The average Bonchev–Trinajstić information content (AvgIpc) is 2.78. The topological polar surface area (TPSA) is 59.0 Å². The molecule has 0 fully saturated rings. The summed E-state index contributed by atoms with van der Waals surface area (Å²) in [6, 6.07) is 9.63. The van der Waals surface area contributed by atoms with Gasteiger partial charge in [-0.05, 0) is 26.0 Å². The zero-order chi connectivity index (χ0) is 14.5. The van der Waals surface area contributed by atoms with Gasteiger partial charge >= 0.3 is 0 Å². The van der Waals surface area contributed by atoms with Crippen molar-refractivity contribution in [3.63, 3.8) is 0 Å². The van der Waals surface area contributed by atoms with Crippen LogP contribution in [0.15, 0.2) is 36.5 Å². The van der Waals surface area contributed by atoms with Gasteiger partial charge in [-0.3, -0.25) is 9.48 Å². The van der Waals surface area contributed by atoms with Crippen molar-refractivity contribution in [3.05, 3.63) is 47.8 Å². The number of carbonyl (C=O) groups is 1. The lowest BCUT2D eigenvalue weighted by molar-refractivity contribution is -0.120. The van der Waals surface area contributed by atoms with Gasteiger partial charge < -0.3 is 10.6 Å². The number of hydrogen-bond acceptors (Lipinski definition) is 3. The van der Waals surface area contributed by atoms with E-state index >= 15 is 0 Å². The highest BCUT2D eigenvalue weighted by Crippen LogP contribution is 2.15. The van der Waals surface area contributed by atoms with Gasteiger partial charge in [-0.25, -0.2) is 0 Å².